The fourth-order valence-corrected chi connectivity index (χ4v) is 4.61. The van der Waals surface area contributed by atoms with Gasteiger partial charge in [-0.2, -0.15) is 0 Å². The van der Waals surface area contributed by atoms with E-state index in [1.165, 1.54) is 6.07 Å². The van der Waals surface area contributed by atoms with E-state index in [1.54, 1.807) is 12.1 Å². The van der Waals surface area contributed by atoms with Gasteiger partial charge in [0.05, 0.1) is 12.6 Å². The number of nitrogens with zero attached hydrogens (tertiary/aromatic N) is 1. The van der Waals surface area contributed by atoms with Crippen LogP contribution in [-0.4, -0.2) is 29.3 Å². The summed E-state index contributed by atoms with van der Waals surface area (Å²) in [5, 5.41) is 10.8. The minimum Gasteiger partial charge on any atom is -0.394 e. The fraction of sp³-hybridized carbons (Fsp3) is 0.348. The highest BCUT2D eigenvalue weighted by Gasteiger charge is 2.30. The molecule has 1 aromatic heterocycles. The van der Waals surface area contributed by atoms with Crippen molar-refractivity contribution in [2.45, 2.75) is 37.8 Å². The molecule has 5 heteroatoms. The van der Waals surface area contributed by atoms with Crippen LogP contribution < -0.4 is 10.6 Å². The largest absolute Gasteiger partial charge is 0.394 e. The number of nitrogens with two attached hydrogens (primary N) is 1. The Morgan fingerprint density at radius 3 is 2.89 bits per heavy atom. The summed E-state index contributed by atoms with van der Waals surface area (Å²) in [5.74, 6) is -0.232. The quantitative estimate of drug-likeness (QED) is 0.604. The monoisotopic (exact) mass is 380 g/mol. The van der Waals surface area contributed by atoms with Crippen LogP contribution in [0.1, 0.15) is 41.9 Å². The molecule has 4 N–H and O–H groups in total. The average molecular weight is 380 g/mol. The molecule has 3 aromatic rings. The molecule has 0 saturated carbocycles. The second-order valence-electron chi connectivity index (χ2n) is 7.51. The van der Waals surface area contributed by atoms with Gasteiger partial charge in [-0.3, -0.25) is 0 Å². The molecule has 2 aromatic carbocycles. The van der Waals surface area contributed by atoms with Crippen molar-refractivity contribution in [1.82, 2.24) is 4.98 Å². The Morgan fingerprint density at radius 2 is 2.14 bits per heavy atom. The molecule has 0 spiro atoms. The topological polar surface area (TPSA) is 65.3 Å². The number of hydrogen-bond acceptors (Lipinski definition) is 3. The van der Waals surface area contributed by atoms with E-state index in [9.17, 15) is 9.50 Å². The predicted octanol–water partition coefficient (Wildman–Crippen LogP) is 4.08. The predicted molar refractivity (Wildman–Crippen MR) is 112 cm³/mol. The first-order valence-electron chi connectivity index (χ1n) is 9.93. The van der Waals surface area contributed by atoms with E-state index >= 15 is 0 Å². The summed E-state index contributed by atoms with van der Waals surface area (Å²) in [7, 11) is 0. The lowest BCUT2D eigenvalue weighted by atomic mass is 9.86. The Hall–Kier alpha value is -2.37. The number of aromatic amines is 1. The number of hydrogen-bond donors (Lipinski definition) is 3. The Morgan fingerprint density at radius 1 is 1.29 bits per heavy atom. The van der Waals surface area contributed by atoms with E-state index < -0.39 is 0 Å². The maximum Gasteiger partial charge on any atom is 0.123 e. The summed E-state index contributed by atoms with van der Waals surface area (Å²) in [6, 6.07) is 11.1. The van der Waals surface area contributed by atoms with Crippen molar-refractivity contribution < 1.29 is 9.50 Å². The lowest BCUT2D eigenvalue weighted by molar-refractivity contribution is 0.266. The number of benzene rings is 2. The maximum absolute atomic E-state index is 13.9. The number of nitrogens with one attached hydrogen (secondary N) is 1. The van der Waals surface area contributed by atoms with Crippen LogP contribution in [0.4, 0.5) is 10.1 Å². The molecule has 1 radical (unpaired) electrons. The Balaban J connectivity index is 1.88. The van der Waals surface area contributed by atoms with Gasteiger partial charge >= 0.3 is 0 Å². The number of H-pyrrole nitrogens is 1. The van der Waals surface area contributed by atoms with Crippen LogP contribution in [0, 0.1) is 12.7 Å². The van der Waals surface area contributed by atoms with Gasteiger partial charge in [0, 0.05) is 41.8 Å². The molecule has 4 rings (SSSR count). The van der Waals surface area contributed by atoms with Gasteiger partial charge < -0.3 is 20.7 Å². The van der Waals surface area contributed by atoms with Crippen molar-refractivity contribution >= 4 is 16.6 Å². The third-order valence-corrected chi connectivity index (χ3v) is 5.96. The smallest absolute Gasteiger partial charge is 0.123 e. The molecule has 147 valence electrons. The van der Waals surface area contributed by atoms with Crippen molar-refractivity contribution in [3.05, 3.63) is 72.0 Å². The molecule has 1 aliphatic rings. The molecule has 0 amide bonds. The normalized spacial score (nSPS) is 18.1. The zero-order chi connectivity index (χ0) is 19.7. The lowest BCUT2D eigenvalue weighted by Gasteiger charge is -2.32. The van der Waals surface area contributed by atoms with Crippen LogP contribution in [0.5, 0.6) is 0 Å². The second kappa shape index (κ2) is 7.94. The molecular weight excluding hydrogens is 353 g/mol. The van der Waals surface area contributed by atoms with Gasteiger partial charge in [0.1, 0.15) is 5.82 Å². The van der Waals surface area contributed by atoms with Crippen molar-refractivity contribution in [3.63, 3.8) is 0 Å². The van der Waals surface area contributed by atoms with Gasteiger partial charge in [-0.15, -0.1) is 0 Å². The molecule has 0 bridgehead atoms. The van der Waals surface area contributed by atoms with E-state index in [0.29, 0.717) is 13.0 Å². The van der Waals surface area contributed by atoms with Crippen LogP contribution in [0.25, 0.3) is 10.9 Å². The Kier molecular flexibility index (Phi) is 5.38. The van der Waals surface area contributed by atoms with Gasteiger partial charge in [-0.05, 0) is 54.2 Å². The van der Waals surface area contributed by atoms with E-state index in [2.05, 4.69) is 28.9 Å². The van der Waals surface area contributed by atoms with E-state index in [-0.39, 0.29) is 24.4 Å². The summed E-state index contributed by atoms with van der Waals surface area (Å²) >= 11 is 0. The third kappa shape index (κ3) is 3.19. The number of rotatable bonds is 6. The van der Waals surface area contributed by atoms with Crippen LogP contribution in [0.2, 0.25) is 0 Å². The summed E-state index contributed by atoms with van der Waals surface area (Å²) in [5.41, 5.74) is 11.4. The molecule has 1 saturated heterocycles. The minimum absolute atomic E-state index is 0.0111. The first kappa shape index (κ1) is 19.0. The highest BCUT2D eigenvalue weighted by molar-refractivity contribution is 5.85. The summed E-state index contributed by atoms with van der Waals surface area (Å²) in [6.45, 7) is 5.67. The van der Waals surface area contributed by atoms with Gasteiger partial charge in [-0.1, -0.05) is 25.1 Å². The molecule has 0 aliphatic carbocycles. The first-order chi connectivity index (χ1) is 13.7. The number of halogens is 1. The van der Waals surface area contributed by atoms with Crippen molar-refractivity contribution in [2.24, 2.45) is 5.73 Å². The molecule has 4 nitrogen and oxygen atoms in total. The molecule has 2 heterocycles. The number of anilines is 1. The van der Waals surface area contributed by atoms with Crippen LogP contribution >= 0.6 is 0 Å². The summed E-state index contributed by atoms with van der Waals surface area (Å²) < 4.78 is 13.9. The second-order valence-corrected chi connectivity index (χ2v) is 7.51. The number of para-hydroxylation sites is 1. The number of aromatic nitrogens is 1. The molecule has 28 heavy (non-hydrogen) atoms. The number of aliphatic hydroxyl groups is 1. The maximum atomic E-state index is 13.9. The highest BCUT2D eigenvalue weighted by atomic mass is 19.1. The minimum atomic E-state index is -0.244. The summed E-state index contributed by atoms with van der Waals surface area (Å²) in [6.07, 6.45) is 4.63. The third-order valence-electron chi connectivity index (χ3n) is 5.96. The average Bonchev–Trinajstić information content (AvgIpc) is 3.35. The fourth-order valence-electron chi connectivity index (χ4n) is 4.61. The van der Waals surface area contributed by atoms with Crippen LogP contribution in [0.15, 0.2) is 42.6 Å². The molecule has 1 fully saturated rings. The highest BCUT2D eigenvalue weighted by Crippen LogP contribution is 2.41. The van der Waals surface area contributed by atoms with Gasteiger partial charge in [0.25, 0.3) is 0 Å². The zero-order valence-electron chi connectivity index (χ0n) is 16.0. The van der Waals surface area contributed by atoms with Gasteiger partial charge in [0.15, 0.2) is 0 Å². The molecular formula is C23H27FN3O. The van der Waals surface area contributed by atoms with Gasteiger partial charge in [0.2, 0.25) is 0 Å². The molecule has 1 aliphatic heterocycles. The SMILES string of the molecule is [CH2]C[C@H](c1cccc(CN)c1N1CCC[C@H]1CO)c1c[nH]c2ccc(F)cc12. The lowest BCUT2D eigenvalue weighted by Crippen LogP contribution is -2.34. The number of fused-ring (bicyclic) bond motifs is 1. The van der Waals surface area contributed by atoms with Crippen LogP contribution in [0.3, 0.4) is 0 Å². The first-order valence-corrected chi connectivity index (χ1v) is 9.93. The van der Waals surface area contributed by atoms with Crippen LogP contribution in [-0.2, 0) is 6.54 Å². The molecule has 0 unspecified atom stereocenters. The Bertz CT molecular complexity index is 968. The van der Waals surface area contributed by atoms with Gasteiger partial charge in [-0.25, -0.2) is 4.39 Å². The number of aliphatic hydroxyl groups excluding tert-OH is 1. The standard InChI is InChI=1S/C23H27FN3O/c1-2-18(21-13-26-22-9-8-16(24)11-20(21)22)19-7-3-5-15(12-25)23(19)27-10-4-6-17(27)14-28/h3,5,7-9,11,13,17-18,26,28H,1-2,4,6,10,12,14,25H2/t17-,18+/m0/s1. The van der Waals surface area contributed by atoms with Crippen molar-refractivity contribution in [1.29, 1.82) is 0 Å². The van der Waals surface area contributed by atoms with E-state index in [0.717, 1.165) is 52.7 Å². The van der Waals surface area contributed by atoms with Crippen molar-refractivity contribution in [2.75, 3.05) is 18.1 Å². The van der Waals surface area contributed by atoms with E-state index in [1.807, 2.05) is 12.3 Å². The summed E-state index contributed by atoms with van der Waals surface area (Å²) in [4.78, 5) is 5.57. The molecule has 2 atom stereocenters. The zero-order valence-corrected chi connectivity index (χ0v) is 16.0. The van der Waals surface area contributed by atoms with Crippen molar-refractivity contribution in [3.8, 4) is 0 Å². The van der Waals surface area contributed by atoms with E-state index in [4.69, 9.17) is 5.73 Å². The Labute approximate surface area is 165 Å².